The first-order chi connectivity index (χ1) is 13.2. The van der Waals surface area contributed by atoms with E-state index in [2.05, 4.69) is 5.32 Å². The van der Waals surface area contributed by atoms with E-state index in [-0.39, 0.29) is 24.5 Å². The fourth-order valence-electron chi connectivity index (χ4n) is 3.04. The number of hydrogen-bond acceptors (Lipinski definition) is 3. The lowest BCUT2D eigenvalue weighted by Gasteiger charge is -2.32. The van der Waals surface area contributed by atoms with E-state index in [0.29, 0.717) is 38.5 Å². The molecule has 5 nitrogen and oxygen atoms in total. The normalized spacial score (nSPS) is 17.0. The second kappa shape index (κ2) is 9.48. The summed E-state index contributed by atoms with van der Waals surface area (Å²) < 4.78 is 25.4. The smallest absolute Gasteiger partial charge is 0.317 e. The molecule has 3 rings (SSSR count). The number of carbonyl (C=O) groups excluding carboxylic acids is 1. The third-order valence-corrected chi connectivity index (χ3v) is 4.52. The average molecular weight is 372 g/mol. The SMILES string of the molecule is CCOCC1CN(C(=O)NCc2ccc(-c3ccccc3)cc2F)CCO1. The molecule has 0 aromatic heterocycles. The summed E-state index contributed by atoms with van der Waals surface area (Å²) in [6, 6.07) is 14.5. The Morgan fingerprint density at radius 3 is 2.81 bits per heavy atom. The van der Waals surface area contributed by atoms with Gasteiger partial charge in [0.05, 0.1) is 25.9 Å². The van der Waals surface area contributed by atoms with Crippen molar-refractivity contribution >= 4 is 6.03 Å². The summed E-state index contributed by atoms with van der Waals surface area (Å²) in [5.41, 5.74) is 2.23. The molecular weight excluding hydrogens is 347 g/mol. The van der Waals surface area contributed by atoms with E-state index in [0.717, 1.165) is 11.1 Å². The molecule has 2 aromatic rings. The number of benzene rings is 2. The summed E-state index contributed by atoms with van der Waals surface area (Å²) in [7, 11) is 0. The fraction of sp³-hybridized carbons (Fsp3) is 0.381. The number of nitrogens with one attached hydrogen (secondary N) is 1. The quantitative estimate of drug-likeness (QED) is 0.845. The average Bonchev–Trinajstić information content (AvgIpc) is 2.72. The number of ether oxygens (including phenoxy) is 2. The molecule has 0 aliphatic carbocycles. The first-order valence-corrected chi connectivity index (χ1v) is 9.23. The second-order valence-corrected chi connectivity index (χ2v) is 6.43. The van der Waals surface area contributed by atoms with Gasteiger partial charge in [0.2, 0.25) is 0 Å². The van der Waals surface area contributed by atoms with Crippen molar-refractivity contribution in [3.63, 3.8) is 0 Å². The van der Waals surface area contributed by atoms with E-state index in [1.165, 1.54) is 6.07 Å². The van der Waals surface area contributed by atoms with Crippen LogP contribution in [0.25, 0.3) is 11.1 Å². The van der Waals surface area contributed by atoms with E-state index >= 15 is 0 Å². The van der Waals surface area contributed by atoms with Crippen molar-refractivity contribution in [3.8, 4) is 11.1 Å². The molecule has 27 heavy (non-hydrogen) atoms. The number of carbonyl (C=O) groups is 1. The van der Waals surface area contributed by atoms with Crippen LogP contribution in [0, 0.1) is 5.82 Å². The number of hydrogen-bond donors (Lipinski definition) is 1. The molecule has 1 N–H and O–H groups in total. The molecule has 1 unspecified atom stereocenters. The summed E-state index contributed by atoms with van der Waals surface area (Å²) in [6.45, 7) is 4.62. The topological polar surface area (TPSA) is 50.8 Å². The Morgan fingerprint density at radius 1 is 1.26 bits per heavy atom. The lowest BCUT2D eigenvalue weighted by molar-refractivity contribution is -0.0566. The zero-order valence-electron chi connectivity index (χ0n) is 15.5. The first kappa shape index (κ1) is 19.3. The van der Waals surface area contributed by atoms with Crippen molar-refractivity contribution in [3.05, 3.63) is 59.9 Å². The van der Waals surface area contributed by atoms with Crippen LogP contribution in [0.2, 0.25) is 0 Å². The van der Waals surface area contributed by atoms with Gasteiger partial charge in [0, 0.05) is 25.3 Å². The van der Waals surface area contributed by atoms with E-state index in [9.17, 15) is 9.18 Å². The van der Waals surface area contributed by atoms with Gasteiger partial charge >= 0.3 is 6.03 Å². The van der Waals surface area contributed by atoms with E-state index < -0.39 is 0 Å². The Morgan fingerprint density at radius 2 is 2.07 bits per heavy atom. The number of rotatable bonds is 6. The highest BCUT2D eigenvalue weighted by Gasteiger charge is 2.24. The lowest BCUT2D eigenvalue weighted by Crippen LogP contribution is -2.50. The van der Waals surface area contributed by atoms with Gasteiger partial charge in [-0.05, 0) is 24.1 Å². The minimum Gasteiger partial charge on any atom is -0.379 e. The van der Waals surface area contributed by atoms with Crippen LogP contribution in [-0.2, 0) is 16.0 Å². The van der Waals surface area contributed by atoms with Gasteiger partial charge in [-0.2, -0.15) is 0 Å². The van der Waals surface area contributed by atoms with Gasteiger partial charge in [-0.1, -0.05) is 42.5 Å². The van der Waals surface area contributed by atoms with Crippen LogP contribution in [0.4, 0.5) is 9.18 Å². The third kappa shape index (κ3) is 5.28. The molecule has 1 aliphatic heterocycles. The molecule has 1 heterocycles. The zero-order valence-corrected chi connectivity index (χ0v) is 15.5. The highest BCUT2D eigenvalue weighted by atomic mass is 19.1. The highest BCUT2D eigenvalue weighted by Crippen LogP contribution is 2.21. The molecule has 1 saturated heterocycles. The van der Waals surface area contributed by atoms with Gasteiger partial charge in [0.1, 0.15) is 5.82 Å². The predicted octanol–water partition coefficient (Wildman–Crippen LogP) is 3.44. The van der Waals surface area contributed by atoms with Gasteiger partial charge in [-0.3, -0.25) is 0 Å². The molecule has 0 bridgehead atoms. The van der Waals surface area contributed by atoms with E-state index in [1.807, 2.05) is 43.3 Å². The van der Waals surface area contributed by atoms with Gasteiger partial charge in [-0.15, -0.1) is 0 Å². The molecule has 144 valence electrons. The van der Waals surface area contributed by atoms with Gasteiger partial charge in [0.25, 0.3) is 0 Å². The van der Waals surface area contributed by atoms with Gasteiger partial charge in [-0.25, -0.2) is 9.18 Å². The molecule has 1 fully saturated rings. The summed E-state index contributed by atoms with van der Waals surface area (Å²) in [4.78, 5) is 14.1. The van der Waals surface area contributed by atoms with Crippen LogP contribution in [0.1, 0.15) is 12.5 Å². The highest BCUT2D eigenvalue weighted by molar-refractivity contribution is 5.74. The van der Waals surface area contributed by atoms with Crippen LogP contribution >= 0.6 is 0 Å². The molecule has 0 spiro atoms. The Balaban J connectivity index is 1.55. The Hall–Kier alpha value is -2.44. The maximum atomic E-state index is 14.4. The van der Waals surface area contributed by atoms with Crippen molar-refractivity contribution in [2.45, 2.75) is 19.6 Å². The molecule has 0 radical (unpaired) electrons. The van der Waals surface area contributed by atoms with Crippen LogP contribution in [0.3, 0.4) is 0 Å². The van der Waals surface area contributed by atoms with Crippen LogP contribution in [0.5, 0.6) is 0 Å². The Kier molecular flexibility index (Phi) is 6.79. The molecule has 1 atom stereocenters. The molecule has 2 aromatic carbocycles. The summed E-state index contributed by atoms with van der Waals surface area (Å²) in [5, 5.41) is 2.80. The third-order valence-electron chi connectivity index (χ3n) is 4.52. The van der Waals surface area contributed by atoms with Crippen LogP contribution in [-0.4, -0.2) is 49.9 Å². The van der Waals surface area contributed by atoms with Crippen molar-refractivity contribution in [1.82, 2.24) is 10.2 Å². The largest absolute Gasteiger partial charge is 0.379 e. The van der Waals surface area contributed by atoms with E-state index in [4.69, 9.17) is 9.47 Å². The lowest BCUT2D eigenvalue weighted by atomic mass is 10.0. The van der Waals surface area contributed by atoms with Gasteiger partial charge in [0.15, 0.2) is 0 Å². The summed E-state index contributed by atoms with van der Waals surface area (Å²) in [5.74, 6) is -0.326. The molecule has 2 amide bonds. The van der Waals surface area contributed by atoms with Crippen molar-refractivity contribution in [1.29, 1.82) is 0 Å². The Labute approximate surface area is 159 Å². The van der Waals surface area contributed by atoms with Crippen LogP contribution in [0.15, 0.2) is 48.5 Å². The maximum absolute atomic E-state index is 14.4. The molecular formula is C21H25FN2O3. The fourth-order valence-corrected chi connectivity index (χ4v) is 3.04. The predicted molar refractivity (Wildman–Crippen MR) is 102 cm³/mol. The standard InChI is InChI=1S/C21H25FN2O3/c1-2-26-15-19-14-24(10-11-27-19)21(25)23-13-18-9-8-17(12-20(18)22)16-6-4-3-5-7-16/h3-9,12,19H,2,10-11,13-15H2,1H3,(H,23,25). The molecule has 1 aliphatic rings. The number of nitrogens with zero attached hydrogens (tertiary/aromatic N) is 1. The summed E-state index contributed by atoms with van der Waals surface area (Å²) in [6.07, 6.45) is -0.119. The Bertz CT molecular complexity index is 754. The number of urea groups is 1. The number of amides is 2. The van der Waals surface area contributed by atoms with Crippen LogP contribution < -0.4 is 5.32 Å². The second-order valence-electron chi connectivity index (χ2n) is 6.43. The molecule has 6 heteroatoms. The van der Waals surface area contributed by atoms with E-state index in [1.54, 1.807) is 11.0 Å². The monoisotopic (exact) mass is 372 g/mol. The maximum Gasteiger partial charge on any atom is 0.317 e. The minimum atomic E-state index is -0.326. The summed E-state index contributed by atoms with van der Waals surface area (Å²) >= 11 is 0. The first-order valence-electron chi connectivity index (χ1n) is 9.23. The number of halogens is 1. The molecule has 0 saturated carbocycles. The van der Waals surface area contributed by atoms with Crippen molar-refractivity contribution < 1.29 is 18.7 Å². The number of morpholine rings is 1. The van der Waals surface area contributed by atoms with Crippen molar-refractivity contribution in [2.75, 3.05) is 32.9 Å². The van der Waals surface area contributed by atoms with Gasteiger partial charge < -0.3 is 19.7 Å². The minimum absolute atomic E-state index is 0.119. The zero-order chi connectivity index (χ0) is 19.1. The van der Waals surface area contributed by atoms with Crippen molar-refractivity contribution in [2.24, 2.45) is 0 Å².